The van der Waals surface area contributed by atoms with Crippen molar-refractivity contribution in [3.63, 3.8) is 0 Å². The van der Waals surface area contributed by atoms with E-state index in [-0.39, 0.29) is 0 Å². The lowest BCUT2D eigenvalue weighted by Crippen LogP contribution is -2.43. The van der Waals surface area contributed by atoms with Crippen LogP contribution in [0.4, 0.5) is 4.79 Å². The Morgan fingerprint density at radius 2 is 1.75 bits per heavy atom. The van der Waals surface area contributed by atoms with E-state index in [2.05, 4.69) is 5.32 Å². The first-order valence-corrected chi connectivity index (χ1v) is 4.31. The van der Waals surface area contributed by atoms with Gasteiger partial charge in [-0.05, 0) is 13.8 Å². The molecule has 0 heterocycles. The summed E-state index contributed by atoms with van der Waals surface area (Å²) in [4.78, 5) is 10.8. The Morgan fingerprint density at radius 1 is 1.33 bits per heavy atom. The predicted octanol–water partition coefficient (Wildman–Crippen LogP) is 2.49. The quantitative estimate of drug-likeness (QED) is 0.708. The van der Waals surface area contributed by atoms with Crippen LogP contribution in [-0.2, 0) is 4.74 Å². The Bertz CT molecular complexity index is 176. The summed E-state index contributed by atoms with van der Waals surface area (Å²) in [5.41, 5.74) is -1.15. The average molecular weight is 235 g/mol. The molecule has 0 spiro atoms. The van der Waals surface area contributed by atoms with Crippen LogP contribution in [-0.4, -0.2) is 22.5 Å². The monoisotopic (exact) mass is 233 g/mol. The Kier molecular flexibility index (Phi) is 3.94. The van der Waals surface area contributed by atoms with E-state index in [0.29, 0.717) is 0 Å². The van der Waals surface area contributed by atoms with Crippen LogP contribution in [0.15, 0.2) is 0 Å². The molecule has 0 unspecified atom stereocenters. The molecule has 0 aliphatic carbocycles. The highest BCUT2D eigenvalue weighted by Crippen LogP contribution is 2.40. The highest BCUT2D eigenvalue weighted by atomic mass is 35.6. The summed E-state index contributed by atoms with van der Waals surface area (Å²) < 4.78 is 3.17. The number of nitrogens with one attached hydrogen (secondary N) is 1. The van der Waals surface area contributed by atoms with Gasteiger partial charge in [-0.3, -0.25) is 0 Å². The Morgan fingerprint density at radius 3 is 2.00 bits per heavy atom. The van der Waals surface area contributed by atoms with Crippen molar-refractivity contribution in [2.75, 3.05) is 7.05 Å². The van der Waals surface area contributed by atoms with Gasteiger partial charge in [0.15, 0.2) is 5.60 Å². The fraction of sp³-hybridized carbons (Fsp3) is 0.833. The molecule has 0 bridgehead atoms. The number of hydrogen-bond acceptors (Lipinski definition) is 2. The van der Waals surface area contributed by atoms with Crippen molar-refractivity contribution in [2.24, 2.45) is 0 Å². The van der Waals surface area contributed by atoms with Crippen LogP contribution < -0.4 is 5.32 Å². The second kappa shape index (κ2) is 3.90. The van der Waals surface area contributed by atoms with E-state index in [0.717, 1.165) is 0 Å². The fourth-order valence-corrected chi connectivity index (χ4v) is 0.456. The molecule has 1 N–H and O–H groups in total. The zero-order valence-electron chi connectivity index (χ0n) is 6.95. The van der Waals surface area contributed by atoms with E-state index < -0.39 is 15.5 Å². The number of rotatable bonds is 1. The Labute approximate surface area is 86.3 Å². The van der Waals surface area contributed by atoms with Gasteiger partial charge in [0.25, 0.3) is 0 Å². The maximum atomic E-state index is 10.8. The molecule has 0 aromatic heterocycles. The van der Waals surface area contributed by atoms with Crippen molar-refractivity contribution in [3.05, 3.63) is 0 Å². The van der Waals surface area contributed by atoms with E-state index >= 15 is 0 Å². The highest BCUT2D eigenvalue weighted by Gasteiger charge is 2.43. The molecule has 0 atom stereocenters. The van der Waals surface area contributed by atoms with E-state index in [4.69, 9.17) is 39.5 Å². The van der Waals surface area contributed by atoms with Gasteiger partial charge < -0.3 is 10.1 Å². The lowest BCUT2D eigenvalue weighted by molar-refractivity contribution is 0.0430. The first-order chi connectivity index (χ1) is 5.20. The van der Waals surface area contributed by atoms with Gasteiger partial charge in [-0.25, -0.2) is 4.79 Å². The topological polar surface area (TPSA) is 38.3 Å². The van der Waals surface area contributed by atoms with E-state index in [1.807, 2.05) is 0 Å². The number of carbonyl (C=O) groups is 1. The molecule has 72 valence electrons. The maximum Gasteiger partial charge on any atom is 0.407 e. The van der Waals surface area contributed by atoms with Gasteiger partial charge in [0, 0.05) is 7.05 Å². The summed E-state index contributed by atoms with van der Waals surface area (Å²) >= 11 is 16.7. The summed E-state index contributed by atoms with van der Waals surface area (Å²) in [6.45, 7) is 3.02. The average Bonchev–Trinajstić information content (AvgIpc) is 1.84. The first-order valence-electron chi connectivity index (χ1n) is 3.18. The van der Waals surface area contributed by atoms with Crippen LogP contribution in [0.25, 0.3) is 0 Å². The molecular formula is C6H10Cl3NO2. The second-order valence-electron chi connectivity index (χ2n) is 2.65. The third-order valence-electron chi connectivity index (χ3n) is 1.23. The summed E-state index contributed by atoms with van der Waals surface area (Å²) in [6.07, 6.45) is -0.633. The number of amides is 1. The number of hydrogen-bond donors (Lipinski definition) is 1. The molecule has 12 heavy (non-hydrogen) atoms. The highest BCUT2D eigenvalue weighted by molar-refractivity contribution is 6.68. The van der Waals surface area contributed by atoms with Gasteiger partial charge in [0.1, 0.15) is 0 Å². The molecular weight excluding hydrogens is 224 g/mol. The van der Waals surface area contributed by atoms with Gasteiger partial charge in [0.05, 0.1) is 0 Å². The van der Waals surface area contributed by atoms with Crippen molar-refractivity contribution < 1.29 is 9.53 Å². The maximum absolute atomic E-state index is 10.8. The van der Waals surface area contributed by atoms with Crippen LogP contribution in [0.3, 0.4) is 0 Å². The molecule has 0 fully saturated rings. The second-order valence-corrected chi connectivity index (χ2v) is 4.93. The lowest BCUT2D eigenvalue weighted by Gasteiger charge is -2.31. The van der Waals surface area contributed by atoms with Gasteiger partial charge in [0.2, 0.25) is 3.79 Å². The van der Waals surface area contributed by atoms with Crippen molar-refractivity contribution in [3.8, 4) is 0 Å². The SMILES string of the molecule is CNC(=O)OC(C)(C)C(Cl)(Cl)Cl. The standard InChI is InChI=1S/C6H10Cl3NO2/c1-5(2,6(7,8)9)12-4(11)10-3/h1-3H3,(H,10,11). The minimum Gasteiger partial charge on any atom is -0.439 e. The summed E-state index contributed by atoms with van der Waals surface area (Å²) in [5, 5.41) is 2.26. The van der Waals surface area contributed by atoms with Gasteiger partial charge in [-0.2, -0.15) is 0 Å². The van der Waals surface area contributed by atoms with Crippen molar-refractivity contribution in [2.45, 2.75) is 23.2 Å². The fourth-order valence-electron chi connectivity index (χ4n) is 0.341. The number of alkyl halides is 3. The predicted molar refractivity (Wildman–Crippen MR) is 49.9 cm³/mol. The van der Waals surface area contributed by atoms with Crippen LogP contribution in [0.2, 0.25) is 0 Å². The number of ether oxygens (including phenoxy) is 1. The number of carbonyl (C=O) groups excluding carboxylic acids is 1. The lowest BCUT2D eigenvalue weighted by atomic mass is 10.2. The Balaban J connectivity index is 4.33. The summed E-state index contributed by atoms with van der Waals surface area (Å²) in [5.74, 6) is 0. The number of alkyl carbamates (subject to hydrolysis) is 1. The molecule has 0 saturated heterocycles. The number of halogens is 3. The molecule has 0 aromatic rings. The molecule has 3 nitrogen and oxygen atoms in total. The Hall–Kier alpha value is 0.140. The third kappa shape index (κ3) is 3.25. The van der Waals surface area contributed by atoms with E-state index in [1.54, 1.807) is 0 Å². The molecule has 6 heteroatoms. The minimum atomic E-state index is -1.64. The van der Waals surface area contributed by atoms with Gasteiger partial charge in [-0.1, -0.05) is 34.8 Å². The molecule has 0 aliphatic rings. The third-order valence-corrected chi connectivity index (χ3v) is 2.60. The van der Waals surface area contributed by atoms with Gasteiger partial charge in [-0.15, -0.1) is 0 Å². The zero-order chi connectivity index (χ0) is 9.99. The minimum absolute atomic E-state index is 0.633. The molecule has 0 aliphatic heterocycles. The van der Waals surface area contributed by atoms with E-state index in [9.17, 15) is 4.79 Å². The molecule has 0 aromatic carbocycles. The molecule has 0 saturated carbocycles. The summed E-state index contributed by atoms with van der Waals surface area (Å²) in [7, 11) is 1.43. The van der Waals surface area contributed by atoms with Gasteiger partial charge >= 0.3 is 6.09 Å². The van der Waals surface area contributed by atoms with Crippen LogP contribution in [0, 0.1) is 0 Å². The largest absolute Gasteiger partial charge is 0.439 e. The van der Waals surface area contributed by atoms with Crippen molar-refractivity contribution in [1.82, 2.24) is 5.32 Å². The molecule has 1 amide bonds. The summed E-state index contributed by atoms with van der Waals surface area (Å²) in [6, 6.07) is 0. The zero-order valence-corrected chi connectivity index (χ0v) is 9.22. The molecule has 0 radical (unpaired) electrons. The van der Waals surface area contributed by atoms with Crippen molar-refractivity contribution in [1.29, 1.82) is 0 Å². The van der Waals surface area contributed by atoms with Crippen LogP contribution in [0.1, 0.15) is 13.8 Å². The van der Waals surface area contributed by atoms with Crippen molar-refractivity contribution >= 4 is 40.9 Å². The normalized spacial score (nSPS) is 12.5. The van der Waals surface area contributed by atoms with E-state index in [1.165, 1.54) is 20.9 Å². The van der Waals surface area contributed by atoms with Crippen LogP contribution in [0.5, 0.6) is 0 Å². The smallest absolute Gasteiger partial charge is 0.407 e. The molecule has 0 rings (SSSR count). The first kappa shape index (κ1) is 12.1. The van der Waals surface area contributed by atoms with Crippen LogP contribution >= 0.6 is 34.8 Å².